The average Bonchev–Trinajstić information content (AvgIpc) is 2.94. The summed E-state index contributed by atoms with van der Waals surface area (Å²) in [7, 11) is 0. The van der Waals surface area contributed by atoms with Gasteiger partial charge in [0.15, 0.2) is 0 Å². The zero-order valence-electron chi connectivity index (χ0n) is 13.2. The molecule has 0 aliphatic heterocycles. The first-order valence-corrected chi connectivity index (χ1v) is 7.71. The fourth-order valence-electron chi connectivity index (χ4n) is 2.33. The Morgan fingerprint density at radius 3 is 2.96 bits per heavy atom. The van der Waals surface area contributed by atoms with Gasteiger partial charge >= 0.3 is 6.09 Å². The third-order valence-corrected chi connectivity index (χ3v) is 3.65. The smallest absolute Gasteiger partial charge is 0.404 e. The summed E-state index contributed by atoms with van der Waals surface area (Å²) in [5.74, 6) is 0.515. The molecule has 4 N–H and O–H groups in total. The molecule has 3 aromatic rings. The van der Waals surface area contributed by atoms with Crippen molar-refractivity contribution in [1.29, 1.82) is 0 Å². The monoisotopic (exact) mass is 362 g/mol. The van der Waals surface area contributed by atoms with Gasteiger partial charge in [0.2, 0.25) is 5.95 Å². The number of carbonyl (C=O) groups is 1. The second kappa shape index (κ2) is 6.81. The van der Waals surface area contributed by atoms with Crippen molar-refractivity contribution in [2.24, 2.45) is 5.73 Å². The van der Waals surface area contributed by atoms with E-state index in [9.17, 15) is 9.59 Å². The van der Waals surface area contributed by atoms with E-state index < -0.39 is 12.1 Å². The van der Waals surface area contributed by atoms with Gasteiger partial charge in [0.1, 0.15) is 6.61 Å². The molecule has 0 radical (unpaired) electrons. The number of hydrogen-bond acceptors (Lipinski definition) is 6. The molecule has 1 atom stereocenters. The third kappa shape index (κ3) is 3.89. The number of fused-ring (bicyclic) bond motifs is 1. The molecule has 0 bridgehead atoms. The SMILES string of the molecule is Cc1cc(=O)n2[nH]c(N[C@H](COC(N)=O)c3cccc(Cl)c3)nc2n1. The summed E-state index contributed by atoms with van der Waals surface area (Å²) in [4.78, 5) is 31.3. The molecule has 0 fully saturated rings. The number of anilines is 1. The molecule has 0 aliphatic carbocycles. The van der Waals surface area contributed by atoms with E-state index in [4.69, 9.17) is 22.1 Å². The molecular weight excluding hydrogens is 348 g/mol. The van der Waals surface area contributed by atoms with Crippen LogP contribution in [0.1, 0.15) is 17.3 Å². The Morgan fingerprint density at radius 2 is 2.24 bits per heavy atom. The minimum atomic E-state index is -0.896. The van der Waals surface area contributed by atoms with Crippen LogP contribution in [0.3, 0.4) is 0 Å². The second-order valence-electron chi connectivity index (χ2n) is 5.33. The molecule has 0 saturated carbocycles. The Kier molecular flexibility index (Phi) is 4.57. The number of halogens is 1. The van der Waals surface area contributed by atoms with Gasteiger partial charge in [-0.3, -0.25) is 9.89 Å². The third-order valence-electron chi connectivity index (χ3n) is 3.41. The van der Waals surface area contributed by atoms with Gasteiger partial charge in [0.05, 0.1) is 6.04 Å². The van der Waals surface area contributed by atoms with Crippen molar-refractivity contribution in [2.75, 3.05) is 11.9 Å². The van der Waals surface area contributed by atoms with Crippen molar-refractivity contribution in [3.05, 3.63) is 57.0 Å². The number of amides is 1. The van der Waals surface area contributed by atoms with Crippen LogP contribution in [0, 0.1) is 6.92 Å². The lowest BCUT2D eigenvalue weighted by molar-refractivity contribution is 0.152. The number of hydrogen-bond donors (Lipinski definition) is 3. The Labute approximate surface area is 146 Å². The lowest BCUT2D eigenvalue weighted by Crippen LogP contribution is -2.23. The standard InChI is InChI=1S/C15H15ClN6O3/c1-8-5-12(23)22-15(18-8)20-14(21-22)19-11(7-25-13(17)24)9-3-2-4-10(16)6-9/h2-6,11H,7H2,1H3,(H2,17,24)(H2,18,19,20,21)/t11-/m1/s1. The zero-order chi connectivity index (χ0) is 18.0. The number of H-pyrrole nitrogens is 1. The molecule has 0 saturated heterocycles. The van der Waals surface area contributed by atoms with E-state index in [1.54, 1.807) is 25.1 Å². The van der Waals surface area contributed by atoms with Crippen molar-refractivity contribution in [1.82, 2.24) is 19.6 Å². The molecule has 9 nitrogen and oxygen atoms in total. The number of nitrogens with one attached hydrogen (secondary N) is 2. The molecule has 1 aromatic carbocycles. The van der Waals surface area contributed by atoms with E-state index in [2.05, 4.69) is 20.4 Å². The predicted octanol–water partition coefficient (Wildman–Crippen LogP) is 1.63. The van der Waals surface area contributed by atoms with E-state index in [-0.39, 0.29) is 23.9 Å². The Bertz CT molecular complexity index is 983. The average molecular weight is 363 g/mol. The van der Waals surface area contributed by atoms with Crippen LogP contribution in [-0.4, -0.2) is 32.3 Å². The maximum absolute atomic E-state index is 11.9. The first-order chi connectivity index (χ1) is 11.9. The molecule has 3 rings (SSSR count). The number of ether oxygens (including phenoxy) is 1. The number of benzene rings is 1. The maximum Gasteiger partial charge on any atom is 0.404 e. The zero-order valence-corrected chi connectivity index (χ0v) is 13.9. The number of nitrogens with zero attached hydrogens (tertiary/aromatic N) is 3. The molecule has 2 aromatic heterocycles. The van der Waals surface area contributed by atoms with Crippen LogP contribution >= 0.6 is 11.6 Å². The minimum Gasteiger partial charge on any atom is -0.447 e. The van der Waals surface area contributed by atoms with Gasteiger partial charge < -0.3 is 15.8 Å². The summed E-state index contributed by atoms with van der Waals surface area (Å²) < 4.78 is 6.10. The van der Waals surface area contributed by atoms with Crippen molar-refractivity contribution < 1.29 is 9.53 Å². The van der Waals surface area contributed by atoms with Crippen LogP contribution in [0.15, 0.2) is 35.1 Å². The molecule has 1 amide bonds. The summed E-state index contributed by atoms with van der Waals surface area (Å²) in [6.45, 7) is 1.66. The Hall–Kier alpha value is -3.07. The molecule has 10 heteroatoms. The number of aryl methyl sites for hydroxylation is 1. The predicted molar refractivity (Wildman–Crippen MR) is 91.7 cm³/mol. The van der Waals surface area contributed by atoms with Crippen molar-refractivity contribution in [3.8, 4) is 0 Å². The summed E-state index contributed by atoms with van der Waals surface area (Å²) >= 11 is 6.02. The number of carbonyl (C=O) groups excluding carboxylic acids is 1. The van der Waals surface area contributed by atoms with Gasteiger partial charge in [0, 0.05) is 16.8 Å². The highest BCUT2D eigenvalue weighted by Crippen LogP contribution is 2.21. The van der Waals surface area contributed by atoms with Gasteiger partial charge in [-0.05, 0) is 24.6 Å². The van der Waals surface area contributed by atoms with Crippen LogP contribution in [0.5, 0.6) is 0 Å². The van der Waals surface area contributed by atoms with Gasteiger partial charge in [-0.2, -0.15) is 9.50 Å². The second-order valence-corrected chi connectivity index (χ2v) is 5.76. The van der Waals surface area contributed by atoms with E-state index in [1.165, 1.54) is 10.6 Å². The van der Waals surface area contributed by atoms with E-state index in [0.717, 1.165) is 5.56 Å². The van der Waals surface area contributed by atoms with Crippen molar-refractivity contribution in [3.63, 3.8) is 0 Å². The minimum absolute atomic E-state index is 0.0475. The highest BCUT2D eigenvalue weighted by molar-refractivity contribution is 6.30. The van der Waals surface area contributed by atoms with E-state index in [0.29, 0.717) is 10.7 Å². The molecule has 2 heterocycles. The highest BCUT2D eigenvalue weighted by Gasteiger charge is 2.16. The number of nitrogens with two attached hydrogens (primary N) is 1. The number of aromatic amines is 1. The number of rotatable bonds is 5. The Morgan fingerprint density at radius 1 is 1.44 bits per heavy atom. The fourth-order valence-corrected chi connectivity index (χ4v) is 2.53. The molecule has 25 heavy (non-hydrogen) atoms. The summed E-state index contributed by atoms with van der Waals surface area (Å²) in [6.07, 6.45) is -0.896. The van der Waals surface area contributed by atoms with Crippen LogP contribution in [0.4, 0.5) is 10.7 Å². The normalized spacial score (nSPS) is 12.1. The fraction of sp³-hybridized carbons (Fsp3) is 0.200. The lowest BCUT2D eigenvalue weighted by atomic mass is 10.1. The number of aromatic nitrogens is 4. The van der Waals surface area contributed by atoms with E-state index >= 15 is 0 Å². The van der Waals surface area contributed by atoms with Gasteiger partial charge in [-0.25, -0.2) is 9.78 Å². The van der Waals surface area contributed by atoms with Gasteiger partial charge in [-0.1, -0.05) is 23.7 Å². The van der Waals surface area contributed by atoms with Crippen molar-refractivity contribution in [2.45, 2.75) is 13.0 Å². The van der Waals surface area contributed by atoms with Crippen molar-refractivity contribution >= 4 is 29.4 Å². The summed E-state index contributed by atoms with van der Waals surface area (Å²) in [5.41, 5.74) is 6.08. The van der Waals surface area contributed by atoms with Crippen LogP contribution in [-0.2, 0) is 4.74 Å². The largest absolute Gasteiger partial charge is 0.447 e. The highest BCUT2D eigenvalue weighted by atomic mass is 35.5. The molecular formula is C15H15ClN6O3. The van der Waals surface area contributed by atoms with E-state index in [1.807, 2.05) is 6.07 Å². The summed E-state index contributed by atoms with van der Waals surface area (Å²) in [6, 6.07) is 7.93. The summed E-state index contributed by atoms with van der Waals surface area (Å²) in [5, 5.41) is 6.39. The lowest BCUT2D eigenvalue weighted by Gasteiger charge is -2.18. The van der Waals surface area contributed by atoms with Crippen LogP contribution < -0.4 is 16.6 Å². The molecule has 130 valence electrons. The van der Waals surface area contributed by atoms with Crippen LogP contribution in [0.25, 0.3) is 5.78 Å². The molecule has 0 aliphatic rings. The van der Waals surface area contributed by atoms with Gasteiger partial charge in [-0.15, -0.1) is 0 Å². The van der Waals surface area contributed by atoms with Gasteiger partial charge in [0.25, 0.3) is 11.3 Å². The molecule has 0 spiro atoms. The Balaban J connectivity index is 1.93. The molecule has 0 unspecified atom stereocenters. The topological polar surface area (TPSA) is 127 Å². The first kappa shape index (κ1) is 16.8. The maximum atomic E-state index is 11.9. The first-order valence-electron chi connectivity index (χ1n) is 7.33. The van der Waals surface area contributed by atoms with Crippen LogP contribution in [0.2, 0.25) is 5.02 Å². The quantitative estimate of drug-likeness (QED) is 0.633. The number of primary amides is 1.